The maximum atomic E-state index is 13.2. The van der Waals surface area contributed by atoms with Gasteiger partial charge >= 0.3 is 0 Å². The van der Waals surface area contributed by atoms with Crippen molar-refractivity contribution in [1.29, 1.82) is 0 Å². The van der Waals surface area contributed by atoms with Gasteiger partial charge in [0.2, 0.25) is 10.0 Å². The van der Waals surface area contributed by atoms with Crippen LogP contribution < -0.4 is 0 Å². The summed E-state index contributed by atoms with van der Waals surface area (Å²) >= 11 is 0. The first-order chi connectivity index (χ1) is 9.43. The Kier molecular flexibility index (Phi) is 6.10. The lowest BCUT2D eigenvalue weighted by Gasteiger charge is -2.16. The largest absolute Gasteiger partial charge is 0.395 e. The van der Waals surface area contributed by atoms with Crippen LogP contribution in [0.25, 0.3) is 0 Å². The van der Waals surface area contributed by atoms with Gasteiger partial charge in [-0.3, -0.25) is 0 Å². The van der Waals surface area contributed by atoms with E-state index in [2.05, 4.69) is 11.8 Å². The number of hydrogen-bond acceptors (Lipinski definition) is 4. The zero-order chi connectivity index (χ0) is 15.2. The number of likely N-dealkylation sites (N-methyl/N-ethyl adjacent to an activating group) is 1. The summed E-state index contributed by atoms with van der Waals surface area (Å²) in [7, 11) is -2.52. The lowest BCUT2D eigenvalue weighted by Crippen LogP contribution is -2.30. The fraction of sp³-hybridized carbons (Fsp3) is 0.385. The van der Waals surface area contributed by atoms with Gasteiger partial charge in [-0.2, -0.15) is 4.31 Å². The van der Waals surface area contributed by atoms with Crippen LogP contribution in [0.4, 0.5) is 4.39 Å². The molecule has 1 aromatic carbocycles. The van der Waals surface area contributed by atoms with Crippen LogP contribution in [0.5, 0.6) is 0 Å². The molecule has 0 aromatic heterocycles. The van der Waals surface area contributed by atoms with E-state index < -0.39 is 15.8 Å². The first-order valence-corrected chi connectivity index (χ1v) is 7.34. The van der Waals surface area contributed by atoms with Crippen molar-refractivity contribution in [2.24, 2.45) is 0 Å². The fourth-order valence-corrected chi connectivity index (χ4v) is 2.75. The Morgan fingerprint density at radius 1 is 1.30 bits per heavy atom. The van der Waals surface area contributed by atoms with Gasteiger partial charge < -0.3 is 10.2 Å². The van der Waals surface area contributed by atoms with Gasteiger partial charge in [-0.1, -0.05) is 11.8 Å². The second-order valence-corrected chi connectivity index (χ2v) is 5.98. The van der Waals surface area contributed by atoms with Crippen molar-refractivity contribution in [3.05, 3.63) is 29.6 Å². The molecule has 5 nitrogen and oxygen atoms in total. The summed E-state index contributed by atoms with van der Waals surface area (Å²) < 4.78 is 38.7. The van der Waals surface area contributed by atoms with E-state index in [1.165, 1.54) is 7.05 Å². The standard InChI is InChI=1S/C13H16FNO4S/c1-15(7-9-17)20(18,19)13-6-5-12(14)10-11(13)4-2-3-8-16/h5-6,10,16-17H,3,7-9H2,1H3. The molecule has 0 atom stereocenters. The third-order valence-corrected chi connectivity index (χ3v) is 4.42. The van der Waals surface area contributed by atoms with E-state index in [-0.39, 0.29) is 36.6 Å². The molecule has 110 valence electrons. The van der Waals surface area contributed by atoms with Crippen LogP contribution in [-0.2, 0) is 10.0 Å². The van der Waals surface area contributed by atoms with Crippen LogP contribution in [0.1, 0.15) is 12.0 Å². The average molecular weight is 301 g/mol. The molecule has 0 saturated heterocycles. The minimum Gasteiger partial charge on any atom is -0.395 e. The van der Waals surface area contributed by atoms with E-state index in [1.807, 2.05) is 0 Å². The summed E-state index contributed by atoms with van der Waals surface area (Å²) in [5, 5.41) is 17.5. The van der Waals surface area contributed by atoms with Gasteiger partial charge in [0, 0.05) is 25.6 Å². The Labute approximate surface area is 117 Å². The number of aliphatic hydroxyl groups is 2. The van der Waals surface area contributed by atoms with Crippen LogP contribution in [0.15, 0.2) is 23.1 Å². The van der Waals surface area contributed by atoms with Gasteiger partial charge in [0.25, 0.3) is 0 Å². The molecule has 0 spiro atoms. The molecule has 7 heteroatoms. The molecule has 20 heavy (non-hydrogen) atoms. The Hall–Kier alpha value is -1.46. The Bertz CT molecular complexity index is 619. The molecule has 0 bridgehead atoms. The van der Waals surface area contributed by atoms with E-state index in [0.717, 1.165) is 22.5 Å². The van der Waals surface area contributed by atoms with Crippen LogP contribution in [0, 0.1) is 17.7 Å². The van der Waals surface area contributed by atoms with Crippen LogP contribution in [0.2, 0.25) is 0 Å². The second-order valence-electron chi connectivity index (χ2n) is 3.97. The summed E-state index contributed by atoms with van der Waals surface area (Å²) in [5.41, 5.74) is 0.0308. The third-order valence-electron chi connectivity index (χ3n) is 2.50. The quantitative estimate of drug-likeness (QED) is 0.760. The molecule has 0 radical (unpaired) electrons. The smallest absolute Gasteiger partial charge is 0.244 e. The number of nitrogens with zero attached hydrogens (tertiary/aromatic N) is 1. The topological polar surface area (TPSA) is 77.8 Å². The van der Waals surface area contributed by atoms with Crippen LogP contribution >= 0.6 is 0 Å². The summed E-state index contributed by atoms with van der Waals surface area (Å²) in [6.45, 7) is -0.541. The summed E-state index contributed by atoms with van der Waals surface area (Å²) in [6, 6.07) is 3.21. The van der Waals surface area contributed by atoms with Crippen molar-refractivity contribution >= 4 is 10.0 Å². The monoisotopic (exact) mass is 301 g/mol. The Balaban J connectivity index is 3.28. The van der Waals surface area contributed by atoms with Crippen molar-refractivity contribution in [2.45, 2.75) is 11.3 Å². The minimum atomic E-state index is -3.84. The maximum absolute atomic E-state index is 13.2. The highest BCUT2D eigenvalue weighted by Crippen LogP contribution is 2.19. The molecule has 2 N–H and O–H groups in total. The van der Waals surface area contributed by atoms with Gasteiger partial charge in [0.1, 0.15) is 5.82 Å². The molecule has 0 unspecified atom stereocenters. The first kappa shape index (κ1) is 16.6. The Morgan fingerprint density at radius 2 is 2.00 bits per heavy atom. The molecule has 0 aliphatic carbocycles. The SMILES string of the molecule is CN(CCO)S(=O)(=O)c1ccc(F)cc1C#CCCO. The molecular weight excluding hydrogens is 285 g/mol. The summed E-state index contributed by atoms with van der Waals surface area (Å²) in [4.78, 5) is -0.125. The van der Waals surface area contributed by atoms with Crippen LogP contribution in [0.3, 0.4) is 0 Å². The molecule has 1 rings (SSSR count). The van der Waals surface area contributed by atoms with Crippen molar-refractivity contribution in [3.63, 3.8) is 0 Å². The van der Waals surface area contributed by atoms with Gasteiger partial charge in [-0.25, -0.2) is 12.8 Å². The van der Waals surface area contributed by atoms with Gasteiger partial charge in [-0.15, -0.1) is 0 Å². The van der Waals surface area contributed by atoms with E-state index in [1.54, 1.807) is 0 Å². The van der Waals surface area contributed by atoms with E-state index in [0.29, 0.717) is 0 Å². The number of aliphatic hydroxyl groups excluding tert-OH is 2. The predicted octanol–water partition coefficient (Wildman–Crippen LogP) is 0.172. The zero-order valence-electron chi connectivity index (χ0n) is 11.0. The third kappa shape index (κ3) is 4.02. The molecule has 0 fully saturated rings. The highest BCUT2D eigenvalue weighted by Gasteiger charge is 2.23. The maximum Gasteiger partial charge on any atom is 0.244 e. The number of benzene rings is 1. The molecule has 0 aliphatic heterocycles. The summed E-state index contributed by atoms with van der Waals surface area (Å²) in [6.07, 6.45) is 0.169. The van der Waals surface area contributed by atoms with Gasteiger partial charge in [0.15, 0.2) is 0 Å². The van der Waals surface area contributed by atoms with Gasteiger partial charge in [0.05, 0.1) is 18.1 Å². The van der Waals surface area contributed by atoms with Crippen molar-refractivity contribution in [3.8, 4) is 11.8 Å². The molecule has 0 heterocycles. The number of sulfonamides is 1. The summed E-state index contributed by atoms with van der Waals surface area (Å²) in [5.74, 6) is 4.51. The van der Waals surface area contributed by atoms with Crippen LogP contribution in [-0.4, -0.2) is 49.7 Å². The molecular formula is C13H16FNO4S. The highest BCUT2D eigenvalue weighted by molar-refractivity contribution is 7.89. The van der Waals surface area contributed by atoms with E-state index >= 15 is 0 Å². The lowest BCUT2D eigenvalue weighted by molar-refractivity contribution is 0.266. The number of halogens is 1. The highest BCUT2D eigenvalue weighted by atomic mass is 32.2. The lowest BCUT2D eigenvalue weighted by atomic mass is 10.2. The zero-order valence-corrected chi connectivity index (χ0v) is 11.8. The van der Waals surface area contributed by atoms with Crippen molar-refractivity contribution in [1.82, 2.24) is 4.31 Å². The number of rotatable bonds is 5. The molecule has 1 aromatic rings. The fourth-order valence-electron chi connectivity index (χ4n) is 1.47. The van der Waals surface area contributed by atoms with E-state index in [9.17, 15) is 12.8 Å². The molecule has 0 aliphatic rings. The Morgan fingerprint density at radius 3 is 2.60 bits per heavy atom. The molecule has 0 saturated carbocycles. The second kappa shape index (κ2) is 7.36. The molecule has 0 amide bonds. The first-order valence-electron chi connectivity index (χ1n) is 5.90. The van der Waals surface area contributed by atoms with Crippen molar-refractivity contribution in [2.75, 3.05) is 26.8 Å². The number of hydrogen-bond donors (Lipinski definition) is 2. The van der Waals surface area contributed by atoms with Gasteiger partial charge in [-0.05, 0) is 18.2 Å². The average Bonchev–Trinajstić information content (AvgIpc) is 2.39. The van der Waals surface area contributed by atoms with E-state index in [4.69, 9.17) is 10.2 Å². The minimum absolute atomic E-state index is 0.0308. The predicted molar refractivity (Wildman–Crippen MR) is 71.9 cm³/mol. The van der Waals surface area contributed by atoms with Crippen molar-refractivity contribution < 1.29 is 23.0 Å². The normalized spacial score (nSPS) is 11.2.